The van der Waals surface area contributed by atoms with Gasteiger partial charge in [0.05, 0.1) is 7.11 Å². The lowest BCUT2D eigenvalue weighted by Gasteiger charge is -2.21. The van der Waals surface area contributed by atoms with Gasteiger partial charge in [0.1, 0.15) is 23.3 Å². The van der Waals surface area contributed by atoms with E-state index in [1.807, 2.05) is 35.9 Å². The molecule has 2 heterocycles. The van der Waals surface area contributed by atoms with Crippen molar-refractivity contribution < 1.29 is 9.53 Å². The number of ether oxygens (including phenoxy) is 1. The zero-order valence-electron chi connectivity index (χ0n) is 14.7. The number of rotatable bonds is 5. The predicted octanol–water partition coefficient (Wildman–Crippen LogP) is 1.04. The van der Waals surface area contributed by atoms with Crippen LogP contribution in [0.25, 0.3) is 0 Å². The normalized spacial score (nSPS) is 11.8. The topological polar surface area (TPSA) is 91.0 Å². The second kappa shape index (κ2) is 7.22. The van der Waals surface area contributed by atoms with Crippen LogP contribution in [-0.2, 0) is 14.1 Å². The van der Waals surface area contributed by atoms with Gasteiger partial charge in [0.2, 0.25) is 0 Å². The number of carbonyl (C=O) groups excluding carboxylic acids is 1. The van der Waals surface area contributed by atoms with Gasteiger partial charge in [0, 0.05) is 38.1 Å². The number of nitrogens with zero attached hydrogens (tertiary/aromatic N) is 4. The molecule has 0 fully saturated rings. The molecule has 1 N–H and O–H groups in total. The second-order valence-corrected chi connectivity index (χ2v) is 5.73. The average molecular weight is 353 g/mol. The lowest BCUT2D eigenvalue weighted by molar-refractivity contribution is 0.0933. The smallest absolute Gasteiger partial charge is 0.272 e. The summed E-state index contributed by atoms with van der Waals surface area (Å²) in [4.78, 5) is 28.6. The SMILES string of the molecule is COc1ccccc1[C@H](NC(=O)c1ccc(=O)n(C)n1)c1nccn1C. The number of amides is 1. The van der Waals surface area contributed by atoms with Crippen LogP contribution < -0.4 is 15.6 Å². The van der Waals surface area contributed by atoms with Gasteiger partial charge in [-0.15, -0.1) is 0 Å². The number of hydrogen-bond donors (Lipinski definition) is 1. The summed E-state index contributed by atoms with van der Waals surface area (Å²) in [6, 6.07) is 9.57. The molecule has 0 spiro atoms. The Morgan fingerprint density at radius 3 is 2.62 bits per heavy atom. The zero-order chi connectivity index (χ0) is 18.7. The molecule has 3 rings (SSSR count). The van der Waals surface area contributed by atoms with Crippen LogP contribution in [0.4, 0.5) is 0 Å². The highest BCUT2D eigenvalue weighted by atomic mass is 16.5. The van der Waals surface area contributed by atoms with Crippen molar-refractivity contribution in [2.45, 2.75) is 6.04 Å². The number of carbonyl (C=O) groups is 1. The van der Waals surface area contributed by atoms with Crippen molar-refractivity contribution in [3.8, 4) is 5.75 Å². The van der Waals surface area contributed by atoms with Crippen LogP contribution in [0.2, 0.25) is 0 Å². The third kappa shape index (κ3) is 3.34. The minimum Gasteiger partial charge on any atom is -0.496 e. The van der Waals surface area contributed by atoms with Gasteiger partial charge in [-0.1, -0.05) is 18.2 Å². The number of hydrogen-bond acceptors (Lipinski definition) is 5. The molecule has 0 bridgehead atoms. The first-order valence-electron chi connectivity index (χ1n) is 7.96. The highest BCUT2D eigenvalue weighted by molar-refractivity contribution is 5.92. The maximum Gasteiger partial charge on any atom is 0.272 e. The lowest BCUT2D eigenvalue weighted by Crippen LogP contribution is -2.33. The number of nitrogens with one attached hydrogen (secondary N) is 1. The fourth-order valence-corrected chi connectivity index (χ4v) is 2.67. The molecule has 1 aromatic carbocycles. The molecule has 134 valence electrons. The van der Waals surface area contributed by atoms with E-state index >= 15 is 0 Å². The van der Waals surface area contributed by atoms with Crippen LogP contribution >= 0.6 is 0 Å². The Morgan fingerprint density at radius 2 is 1.96 bits per heavy atom. The van der Waals surface area contributed by atoms with Crippen LogP contribution in [0.5, 0.6) is 5.75 Å². The van der Waals surface area contributed by atoms with E-state index in [0.29, 0.717) is 11.6 Å². The number of aryl methyl sites for hydroxylation is 2. The Bertz CT molecular complexity index is 992. The minimum absolute atomic E-state index is 0.140. The molecular weight excluding hydrogens is 334 g/mol. The summed E-state index contributed by atoms with van der Waals surface area (Å²) in [5.74, 6) is 0.862. The van der Waals surface area contributed by atoms with Crippen LogP contribution in [0.15, 0.2) is 53.6 Å². The Morgan fingerprint density at radius 1 is 1.19 bits per heavy atom. The number of aromatic nitrogens is 4. The zero-order valence-corrected chi connectivity index (χ0v) is 14.7. The molecular formula is C18H19N5O3. The number of methoxy groups -OCH3 is 1. The van der Waals surface area contributed by atoms with E-state index in [1.54, 1.807) is 19.5 Å². The fraction of sp³-hybridized carbons (Fsp3) is 0.222. The Labute approximate surface area is 150 Å². The van der Waals surface area contributed by atoms with Crippen LogP contribution in [0.1, 0.15) is 27.9 Å². The summed E-state index contributed by atoms with van der Waals surface area (Å²) >= 11 is 0. The van der Waals surface area contributed by atoms with E-state index in [0.717, 1.165) is 10.2 Å². The quantitative estimate of drug-likeness (QED) is 0.740. The van der Waals surface area contributed by atoms with Crippen molar-refractivity contribution in [1.29, 1.82) is 0 Å². The monoisotopic (exact) mass is 353 g/mol. The van der Waals surface area contributed by atoms with Crippen LogP contribution in [0, 0.1) is 0 Å². The van der Waals surface area contributed by atoms with Crippen molar-refractivity contribution in [2.24, 2.45) is 14.1 Å². The summed E-state index contributed by atoms with van der Waals surface area (Å²) in [5.41, 5.74) is 0.621. The summed E-state index contributed by atoms with van der Waals surface area (Å²) in [7, 11) is 4.92. The first kappa shape index (κ1) is 17.4. The Hall–Kier alpha value is -3.42. The van der Waals surface area contributed by atoms with Gasteiger partial charge in [-0.3, -0.25) is 9.59 Å². The Balaban J connectivity index is 2.01. The molecule has 3 aromatic rings. The molecule has 0 saturated carbocycles. The molecule has 2 aromatic heterocycles. The van der Waals surface area contributed by atoms with E-state index in [2.05, 4.69) is 15.4 Å². The average Bonchev–Trinajstić information content (AvgIpc) is 3.07. The van der Waals surface area contributed by atoms with Gasteiger partial charge < -0.3 is 14.6 Å². The molecule has 0 unspecified atom stereocenters. The fourth-order valence-electron chi connectivity index (χ4n) is 2.67. The number of imidazole rings is 1. The molecule has 1 atom stereocenters. The van der Waals surface area contributed by atoms with Crippen molar-refractivity contribution >= 4 is 5.91 Å². The van der Waals surface area contributed by atoms with E-state index in [-0.39, 0.29) is 11.3 Å². The van der Waals surface area contributed by atoms with E-state index in [9.17, 15) is 9.59 Å². The summed E-state index contributed by atoms with van der Waals surface area (Å²) in [6.07, 6.45) is 3.46. The van der Waals surface area contributed by atoms with Crippen molar-refractivity contribution in [2.75, 3.05) is 7.11 Å². The predicted molar refractivity (Wildman–Crippen MR) is 95.0 cm³/mol. The van der Waals surface area contributed by atoms with Crippen molar-refractivity contribution in [3.05, 3.63) is 76.2 Å². The first-order valence-corrected chi connectivity index (χ1v) is 7.96. The highest BCUT2D eigenvalue weighted by Crippen LogP contribution is 2.29. The van der Waals surface area contributed by atoms with E-state index in [1.165, 1.54) is 19.2 Å². The summed E-state index contributed by atoms with van der Waals surface area (Å²) in [6.45, 7) is 0. The third-order valence-electron chi connectivity index (χ3n) is 4.04. The molecule has 0 radical (unpaired) electrons. The standard InChI is InChI=1S/C18H19N5O3/c1-22-11-10-19-17(22)16(12-6-4-5-7-14(12)26-3)20-18(25)13-8-9-15(24)23(2)21-13/h4-11,16H,1-3H3,(H,20,25)/t16-/m0/s1. The largest absolute Gasteiger partial charge is 0.496 e. The minimum atomic E-state index is -0.544. The summed E-state index contributed by atoms with van der Waals surface area (Å²) < 4.78 is 8.38. The highest BCUT2D eigenvalue weighted by Gasteiger charge is 2.25. The van der Waals surface area contributed by atoms with Gasteiger partial charge in [0.15, 0.2) is 0 Å². The van der Waals surface area contributed by atoms with Gasteiger partial charge in [0.25, 0.3) is 11.5 Å². The Kier molecular flexibility index (Phi) is 4.83. The molecule has 1 amide bonds. The molecule has 26 heavy (non-hydrogen) atoms. The maximum absolute atomic E-state index is 12.7. The first-order chi connectivity index (χ1) is 12.5. The second-order valence-electron chi connectivity index (χ2n) is 5.73. The van der Waals surface area contributed by atoms with Crippen molar-refractivity contribution in [1.82, 2.24) is 24.6 Å². The van der Waals surface area contributed by atoms with Crippen LogP contribution in [-0.4, -0.2) is 32.3 Å². The molecule has 0 aliphatic heterocycles. The lowest BCUT2D eigenvalue weighted by atomic mass is 10.0. The van der Waals surface area contributed by atoms with Gasteiger partial charge in [-0.2, -0.15) is 5.10 Å². The molecule has 0 aliphatic carbocycles. The van der Waals surface area contributed by atoms with E-state index in [4.69, 9.17) is 4.74 Å². The number of para-hydroxylation sites is 1. The maximum atomic E-state index is 12.7. The molecule has 0 saturated heterocycles. The van der Waals surface area contributed by atoms with Gasteiger partial charge >= 0.3 is 0 Å². The molecule has 0 aliphatic rings. The van der Waals surface area contributed by atoms with Gasteiger partial charge in [-0.25, -0.2) is 9.67 Å². The van der Waals surface area contributed by atoms with Crippen molar-refractivity contribution in [3.63, 3.8) is 0 Å². The molecule has 8 nitrogen and oxygen atoms in total. The molecule has 8 heteroatoms. The summed E-state index contributed by atoms with van der Waals surface area (Å²) in [5, 5.41) is 6.93. The van der Waals surface area contributed by atoms with E-state index < -0.39 is 11.9 Å². The number of benzene rings is 1. The van der Waals surface area contributed by atoms with Crippen LogP contribution in [0.3, 0.4) is 0 Å². The van der Waals surface area contributed by atoms with Gasteiger partial charge in [-0.05, 0) is 12.1 Å². The third-order valence-corrected chi connectivity index (χ3v) is 4.04.